The Morgan fingerprint density at radius 1 is 1.47 bits per heavy atom. The van der Waals surface area contributed by atoms with Crippen LogP contribution in [0.15, 0.2) is 11.4 Å². The van der Waals surface area contributed by atoms with Crippen molar-refractivity contribution >= 4 is 35.3 Å². The summed E-state index contributed by atoms with van der Waals surface area (Å²) in [6, 6.07) is 2.06. The molecule has 2 heterocycles. The highest BCUT2D eigenvalue weighted by Gasteiger charge is 2.23. The Kier molecular flexibility index (Phi) is 5.36. The Labute approximate surface area is 106 Å². The van der Waals surface area contributed by atoms with Gasteiger partial charge in [0.1, 0.15) is 0 Å². The van der Waals surface area contributed by atoms with Gasteiger partial charge in [-0.1, -0.05) is 11.6 Å². The molecular formula is C10H16Cl2N2S. The Hall–Kier alpha value is 0.200. The third-order valence-corrected chi connectivity index (χ3v) is 4.30. The first-order chi connectivity index (χ1) is 6.79. The molecule has 0 aliphatic carbocycles. The predicted octanol–water partition coefficient (Wildman–Crippen LogP) is 2.82. The second-order valence-electron chi connectivity index (χ2n) is 3.75. The highest BCUT2D eigenvalue weighted by atomic mass is 35.5. The maximum Gasteiger partial charge on any atom is 0.0561 e. The summed E-state index contributed by atoms with van der Waals surface area (Å²) in [5, 5.41) is 6.19. The van der Waals surface area contributed by atoms with Crippen LogP contribution in [-0.2, 0) is 0 Å². The van der Waals surface area contributed by atoms with Gasteiger partial charge >= 0.3 is 0 Å². The predicted molar refractivity (Wildman–Crippen MR) is 69.1 cm³/mol. The first-order valence-corrected chi connectivity index (χ1v) is 6.24. The van der Waals surface area contributed by atoms with Gasteiger partial charge in [0.2, 0.25) is 0 Å². The molecule has 86 valence electrons. The molecule has 1 aromatic rings. The number of hydrogen-bond donors (Lipinski definition) is 2. The molecule has 0 bridgehead atoms. The van der Waals surface area contributed by atoms with Crippen LogP contribution < -0.4 is 11.1 Å². The summed E-state index contributed by atoms with van der Waals surface area (Å²) in [6.07, 6.45) is 2.32. The molecule has 0 unspecified atom stereocenters. The molecule has 1 atom stereocenters. The van der Waals surface area contributed by atoms with Gasteiger partial charge in [-0.25, -0.2) is 0 Å². The molecule has 3 N–H and O–H groups in total. The number of halogens is 2. The number of piperidine rings is 1. The molecule has 2 rings (SSSR count). The Morgan fingerprint density at radius 2 is 2.13 bits per heavy atom. The van der Waals surface area contributed by atoms with E-state index >= 15 is 0 Å². The van der Waals surface area contributed by atoms with E-state index in [1.165, 1.54) is 0 Å². The summed E-state index contributed by atoms with van der Waals surface area (Å²) >= 11 is 7.74. The van der Waals surface area contributed by atoms with Gasteiger partial charge in [-0.05, 0) is 43.3 Å². The standard InChI is InChI=1S/C10H15ClN2S.ClH/c11-8-3-6-14-10(8)9(12)7-1-4-13-5-2-7;/h3,6-7,9,13H,1-2,4-5,12H2;1H/t9-;/m1./s1. The smallest absolute Gasteiger partial charge is 0.0561 e. The van der Waals surface area contributed by atoms with Crippen molar-refractivity contribution in [2.24, 2.45) is 11.7 Å². The van der Waals surface area contributed by atoms with Crippen molar-refractivity contribution < 1.29 is 0 Å². The van der Waals surface area contributed by atoms with Gasteiger partial charge in [0.25, 0.3) is 0 Å². The van der Waals surface area contributed by atoms with Crippen LogP contribution in [-0.4, -0.2) is 13.1 Å². The second kappa shape index (κ2) is 6.06. The van der Waals surface area contributed by atoms with Crippen LogP contribution in [0, 0.1) is 5.92 Å². The fourth-order valence-electron chi connectivity index (χ4n) is 1.96. The maximum absolute atomic E-state index is 6.21. The lowest BCUT2D eigenvalue weighted by atomic mass is 9.90. The molecule has 0 saturated carbocycles. The molecule has 15 heavy (non-hydrogen) atoms. The minimum absolute atomic E-state index is 0. The van der Waals surface area contributed by atoms with E-state index < -0.39 is 0 Å². The number of hydrogen-bond acceptors (Lipinski definition) is 3. The van der Waals surface area contributed by atoms with Gasteiger partial charge in [0.05, 0.1) is 5.02 Å². The van der Waals surface area contributed by atoms with Crippen LogP contribution in [0.3, 0.4) is 0 Å². The second-order valence-corrected chi connectivity index (χ2v) is 5.10. The first kappa shape index (κ1) is 13.3. The maximum atomic E-state index is 6.21. The Morgan fingerprint density at radius 3 is 2.67 bits per heavy atom. The van der Waals surface area contributed by atoms with E-state index in [0.717, 1.165) is 35.8 Å². The van der Waals surface area contributed by atoms with Gasteiger partial charge in [0.15, 0.2) is 0 Å². The summed E-state index contributed by atoms with van der Waals surface area (Å²) in [4.78, 5) is 1.15. The molecule has 1 aliphatic rings. The highest BCUT2D eigenvalue weighted by molar-refractivity contribution is 7.10. The molecular weight excluding hydrogens is 251 g/mol. The van der Waals surface area contributed by atoms with Crippen LogP contribution in [0.5, 0.6) is 0 Å². The van der Waals surface area contributed by atoms with E-state index in [9.17, 15) is 0 Å². The van der Waals surface area contributed by atoms with Crippen LogP contribution in [0.4, 0.5) is 0 Å². The molecule has 0 spiro atoms. The summed E-state index contributed by atoms with van der Waals surface area (Å²) in [6.45, 7) is 2.17. The molecule has 1 saturated heterocycles. The number of nitrogens with one attached hydrogen (secondary N) is 1. The van der Waals surface area contributed by atoms with E-state index in [2.05, 4.69) is 5.32 Å². The zero-order chi connectivity index (χ0) is 9.97. The van der Waals surface area contributed by atoms with Crippen LogP contribution in [0.1, 0.15) is 23.8 Å². The molecule has 1 fully saturated rings. The van der Waals surface area contributed by atoms with E-state index in [0.29, 0.717) is 5.92 Å². The fraction of sp³-hybridized carbons (Fsp3) is 0.600. The minimum atomic E-state index is 0. The van der Waals surface area contributed by atoms with Crippen molar-refractivity contribution in [1.82, 2.24) is 5.32 Å². The Bertz CT molecular complexity index is 297. The zero-order valence-corrected chi connectivity index (χ0v) is 10.8. The average Bonchev–Trinajstić information content (AvgIpc) is 2.65. The van der Waals surface area contributed by atoms with E-state index in [-0.39, 0.29) is 18.4 Å². The van der Waals surface area contributed by atoms with Gasteiger partial charge in [-0.2, -0.15) is 0 Å². The van der Waals surface area contributed by atoms with Crippen molar-refractivity contribution in [2.75, 3.05) is 13.1 Å². The SMILES string of the molecule is Cl.N[C@@H](c1sccc1Cl)C1CCNCC1. The van der Waals surface area contributed by atoms with E-state index in [1.54, 1.807) is 11.3 Å². The van der Waals surface area contributed by atoms with E-state index in [1.807, 2.05) is 11.4 Å². The van der Waals surface area contributed by atoms with Gasteiger partial charge in [-0.15, -0.1) is 23.7 Å². The summed E-state index contributed by atoms with van der Waals surface area (Å²) in [5.41, 5.74) is 6.21. The minimum Gasteiger partial charge on any atom is -0.323 e. The third-order valence-electron chi connectivity index (χ3n) is 2.84. The largest absolute Gasteiger partial charge is 0.323 e. The number of rotatable bonds is 2. The Balaban J connectivity index is 0.00000112. The lowest BCUT2D eigenvalue weighted by Gasteiger charge is -2.27. The van der Waals surface area contributed by atoms with Gasteiger partial charge < -0.3 is 11.1 Å². The van der Waals surface area contributed by atoms with Crippen molar-refractivity contribution in [3.8, 4) is 0 Å². The molecule has 0 amide bonds. The molecule has 5 heteroatoms. The molecule has 1 aliphatic heterocycles. The first-order valence-electron chi connectivity index (χ1n) is 4.98. The topological polar surface area (TPSA) is 38.0 Å². The van der Waals surface area contributed by atoms with Crippen LogP contribution >= 0.6 is 35.3 Å². The number of nitrogens with two attached hydrogens (primary N) is 1. The third kappa shape index (κ3) is 3.08. The van der Waals surface area contributed by atoms with E-state index in [4.69, 9.17) is 17.3 Å². The summed E-state index contributed by atoms with van der Waals surface area (Å²) in [5.74, 6) is 0.590. The molecule has 1 aromatic heterocycles. The summed E-state index contributed by atoms with van der Waals surface area (Å²) < 4.78 is 0. The zero-order valence-electron chi connectivity index (χ0n) is 8.41. The molecule has 2 nitrogen and oxygen atoms in total. The summed E-state index contributed by atoms with van der Waals surface area (Å²) in [7, 11) is 0. The quantitative estimate of drug-likeness (QED) is 0.864. The average molecular weight is 267 g/mol. The fourth-order valence-corrected chi connectivity index (χ4v) is 3.24. The normalized spacial score (nSPS) is 19.6. The van der Waals surface area contributed by atoms with Crippen LogP contribution in [0.25, 0.3) is 0 Å². The monoisotopic (exact) mass is 266 g/mol. The van der Waals surface area contributed by atoms with Gasteiger partial charge in [0, 0.05) is 10.9 Å². The molecule has 0 radical (unpaired) electrons. The number of thiophene rings is 1. The van der Waals surface area contributed by atoms with Crippen molar-refractivity contribution in [2.45, 2.75) is 18.9 Å². The lowest BCUT2D eigenvalue weighted by Crippen LogP contribution is -2.33. The van der Waals surface area contributed by atoms with Crippen LogP contribution in [0.2, 0.25) is 5.02 Å². The highest BCUT2D eigenvalue weighted by Crippen LogP contribution is 2.34. The van der Waals surface area contributed by atoms with Crippen molar-refractivity contribution in [3.05, 3.63) is 21.3 Å². The molecule has 0 aromatic carbocycles. The van der Waals surface area contributed by atoms with Gasteiger partial charge in [-0.3, -0.25) is 0 Å². The van der Waals surface area contributed by atoms with Crippen molar-refractivity contribution in [1.29, 1.82) is 0 Å². The van der Waals surface area contributed by atoms with Crippen molar-refractivity contribution in [3.63, 3.8) is 0 Å². The lowest BCUT2D eigenvalue weighted by molar-refractivity contribution is 0.325.